The first kappa shape index (κ1) is 23.3. The van der Waals surface area contributed by atoms with E-state index in [9.17, 15) is 22.0 Å². The number of anilines is 1. The van der Waals surface area contributed by atoms with E-state index >= 15 is 0 Å². The lowest BCUT2D eigenvalue weighted by atomic mass is 10.1. The molecular formula is C22H27F2N3O3S. The van der Waals surface area contributed by atoms with Crippen molar-refractivity contribution in [1.82, 2.24) is 9.21 Å². The van der Waals surface area contributed by atoms with Crippen LogP contribution in [0.1, 0.15) is 25.8 Å². The van der Waals surface area contributed by atoms with E-state index in [2.05, 4.69) is 12.2 Å². The van der Waals surface area contributed by atoms with Crippen molar-refractivity contribution in [3.05, 3.63) is 59.7 Å². The molecule has 1 fully saturated rings. The molecule has 1 amide bonds. The molecule has 2 aromatic carbocycles. The van der Waals surface area contributed by atoms with Gasteiger partial charge in [0.1, 0.15) is 11.6 Å². The highest BCUT2D eigenvalue weighted by atomic mass is 32.2. The van der Waals surface area contributed by atoms with Gasteiger partial charge in [0, 0.05) is 32.2 Å². The van der Waals surface area contributed by atoms with Gasteiger partial charge in [-0.25, -0.2) is 17.2 Å². The molecule has 1 unspecified atom stereocenters. The third-order valence-electron chi connectivity index (χ3n) is 5.49. The zero-order chi connectivity index (χ0) is 22.6. The quantitative estimate of drug-likeness (QED) is 0.702. The van der Waals surface area contributed by atoms with E-state index in [1.54, 1.807) is 19.1 Å². The standard InChI is InChI=1S/C22H27F2N3O3S/c1-3-4-17-5-8-19(9-6-17)31(29,30)27-13-11-26(12-14-27)16(2)22(28)25-21-10-7-18(23)15-20(21)24/h5-10,15-16H,3-4,11-14H2,1-2H3,(H,25,28). The fourth-order valence-corrected chi connectivity index (χ4v) is 5.01. The number of aryl methyl sites for hydroxylation is 1. The Kier molecular flexibility index (Phi) is 7.40. The van der Waals surface area contributed by atoms with Crippen LogP contribution in [-0.2, 0) is 21.2 Å². The summed E-state index contributed by atoms with van der Waals surface area (Å²) in [4.78, 5) is 14.6. The van der Waals surface area contributed by atoms with Crippen LogP contribution in [0, 0.1) is 11.6 Å². The molecule has 0 radical (unpaired) electrons. The highest BCUT2D eigenvalue weighted by molar-refractivity contribution is 7.89. The first-order valence-electron chi connectivity index (χ1n) is 10.3. The largest absolute Gasteiger partial charge is 0.322 e. The summed E-state index contributed by atoms with van der Waals surface area (Å²) in [6, 6.07) is 9.32. The Labute approximate surface area is 181 Å². The fourth-order valence-electron chi connectivity index (χ4n) is 3.59. The second-order valence-electron chi connectivity index (χ2n) is 7.62. The average Bonchev–Trinajstić information content (AvgIpc) is 2.76. The average molecular weight is 452 g/mol. The summed E-state index contributed by atoms with van der Waals surface area (Å²) >= 11 is 0. The maximum Gasteiger partial charge on any atom is 0.243 e. The van der Waals surface area contributed by atoms with Gasteiger partial charge >= 0.3 is 0 Å². The summed E-state index contributed by atoms with van der Waals surface area (Å²) in [5.41, 5.74) is 1.01. The molecule has 31 heavy (non-hydrogen) atoms. The highest BCUT2D eigenvalue weighted by Crippen LogP contribution is 2.20. The molecular weight excluding hydrogens is 424 g/mol. The van der Waals surface area contributed by atoms with Gasteiger partial charge in [0.05, 0.1) is 16.6 Å². The number of sulfonamides is 1. The number of carbonyl (C=O) groups excluding carboxylic acids is 1. The summed E-state index contributed by atoms with van der Waals surface area (Å²) in [5.74, 6) is -2.00. The molecule has 1 aliphatic rings. The Hall–Kier alpha value is -2.36. The van der Waals surface area contributed by atoms with E-state index in [1.165, 1.54) is 10.4 Å². The molecule has 1 saturated heterocycles. The van der Waals surface area contributed by atoms with E-state index in [4.69, 9.17) is 0 Å². The second-order valence-corrected chi connectivity index (χ2v) is 9.56. The van der Waals surface area contributed by atoms with Crippen LogP contribution >= 0.6 is 0 Å². The molecule has 1 N–H and O–H groups in total. The summed E-state index contributed by atoms with van der Waals surface area (Å²) in [6.45, 7) is 4.99. The van der Waals surface area contributed by atoms with Crippen LogP contribution in [-0.4, -0.2) is 55.8 Å². The molecule has 0 bridgehead atoms. The van der Waals surface area contributed by atoms with Gasteiger partial charge in [-0.1, -0.05) is 25.5 Å². The number of halogens is 2. The number of nitrogens with zero attached hydrogens (tertiary/aromatic N) is 2. The van der Waals surface area contributed by atoms with Gasteiger partial charge < -0.3 is 5.32 Å². The summed E-state index contributed by atoms with van der Waals surface area (Å²) < 4.78 is 54.1. The number of hydrogen-bond acceptors (Lipinski definition) is 4. The van der Waals surface area contributed by atoms with Crippen molar-refractivity contribution in [2.24, 2.45) is 0 Å². The lowest BCUT2D eigenvalue weighted by Gasteiger charge is -2.36. The number of nitrogens with one attached hydrogen (secondary N) is 1. The van der Waals surface area contributed by atoms with Crippen molar-refractivity contribution in [2.75, 3.05) is 31.5 Å². The van der Waals surface area contributed by atoms with Crippen LogP contribution < -0.4 is 5.32 Å². The highest BCUT2D eigenvalue weighted by Gasteiger charge is 2.32. The maximum atomic E-state index is 13.8. The van der Waals surface area contributed by atoms with E-state index < -0.39 is 33.6 Å². The smallest absolute Gasteiger partial charge is 0.243 e. The van der Waals surface area contributed by atoms with Crippen LogP contribution in [0.15, 0.2) is 47.4 Å². The first-order chi connectivity index (χ1) is 14.7. The SMILES string of the molecule is CCCc1ccc(S(=O)(=O)N2CCN(C(C)C(=O)Nc3ccc(F)cc3F)CC2)cc1. The molecule has 1 heterocycles. The first-order valence-corrected chi connectivity index (χ1v) is 11.8. The predicted octanol–water partition coefficient (Wildman–Crippen LogP) is 3.25. The number of rotatable bonds is 7. The van der Waals surface area contributed by atoms with Gasteiger partial charge in [0.25, 0.3) is 0 Å². The van der Waals surface area contributed by atoms with Crippen LogP contribution in [0.5, 0.6) is 0 Å². The van der Waals surface area contributed by atoms with Crippen molar-refractivity contribution < 1.29 is 22.0 Å². The Bertz CT molecular complexity index is 1020. The van der Waals surface area contributed by atoms with Gasteiger partial charge in [-0.15, -0.1) is 0 Å². The van der Waals surface area contributed by atoms with Gasteiger partial charge in [-0.2, -0.15) is 4.31 Å². The topological polar surface area (TPSA) is 69.7 Å². The number of benzene rings is 2. The zero-order valence-corrected chi connectivity index (χ0v) is 18.5. The zero-order valence-electron chi connectivity index (χ0n) is 17.6. The molecule has 1 aliphatic heterocycles. The van der Waals surface area contributed by atoms with Crippen LogP contribution in [0.25, 0.3) is 0 Å². The molecule has 9 heteroatoms. The van der Waals surface area contributed by atoms with Crippen molar-refractivity contribution in [3.8, 4) is 0 Å². The minimum atomic E-state index is -3.60. The van der Waals surface area contributed by atoms with Crippen LogP contribution in [0.4, 0.5) is 14.5 Å². The third-order valence-corrected chi connectivity index (χ3v) is 7.40. The Morgan fingerprint density at radius 3 is 2.29 bits per heavy atom. The van der Waals surface area contributed by atoms with Crippen LogP contribution in [0.2, 0.25) is 0 Å². The number of amides is 1. The van der Waals surface area contributed by atoms with E-state index in [0.29, 0.717) is 19.2 Å². The van der Waals surface area contributed by atoms with Crippen molar-refractivity contribution in [1.29, 1.82) is 0 Å². The fraction of sp³-hybridized carbons (Fsp3) is 0.409. The van der Waals surface area contributed by atoms with Gasteiger partial charge in [-0.05, 0) is 43.2 Å². The molecule has 0 aliphatic carbocycles. The maximum absolute atomic E-state index is 13.8. The normalized spacial score (nSPS) is 16.8. The minimum Gasteiger partial charge on any atom is -0.322 e. The van der Waals surface area contributed by atoms with E-state index in [1.807, 2.05) is 17.0 Å². The minimum absolute atomic E-state index is 0.0917. The lowest BCUT2D eigenvalue weighted by molar-refractivity contribution is -0.121. The molecule has 3 rings (SSSR count). The molecule has 168 valence electrons. The van der Waals surface area contributed by atoms with Gasteiger partial charge in [-0.3, -0.25) is 9.69 Å². The molecule has 0 saturated carbocycles. The second kappa shape index (κ2) is 9.84. The summed E-state index contributed by atoms with van der Waals surface area (Å²) in [6.07, 6.45) is 1.90. The van der Waals surface area contributed by atoms with E-state index in [0.717, 1.165) is 24.5 Å². The Morgan fingerprint density at radius 2 is 1.71 bits per heavy atom. The Balaban J connectivity index is 1.59. The van der Waals surface area contributed by atoms with Gasteiger partial charge in [0.15, 0.2) is 0 Å². The monoisotopic (exact) mass is 451 g/mol. The summed E-state index contributed by atoms with van der Waals surface area (Å²) in [7, 11) is -3.60. The number of hydrogen-bond donors (Lipinski definition) is 1. The number of piperazine rings is 1. The molecule has 1 atom stereocenters. The van der Waals surface area contributed by atoms with Crippen LogP contribution in [0.3, 0.4) is 0 Å². The molecule has 2 aromatic rings. The summed E-state index contributed by atoms with van der Waals surface area (Å²) in [5, 5.41) is 2.46. The lowest BCUT2D eigenvalue weighted by Crippen LogP contribution is -2.53. The molecule has 0 spiro atoms. The Morgan fingerprint density at radius 1 is 1.06 bits per heavy atom. The van der Waals surface area contributed by atoms with Gasteiger partial charge in [0.2, 0.25) is 15.9 Å². The van der Waals surface area contributed by atoms with Crippen molar-refractivity contribution in [2.45, 2.75) is 37.6 Å². The predicted molar refractivity (Wildman–Crippen MR) is 115 cm³/mol. The number of carbonyl (C=O) groups is 1. The van der Waals surface area contributed by atoms with Crippen molar-refractivity contribution >= 4 is 21.6 Å². The van der Waals surface area contributed by atoms with Crippen molar-refractivity contribution in [3.63, 3.8) is 0 Å². The molecule has 0 aromatic heterocycles. The van der Waals surface area contributed by atoms with E-state index in [-0.39, 0.29) is 23.7 Å². The third kappa shape index (κ3) is 5.47. The molecule has 6 nitrogen and oxygen atoms in total.